The molecule has 0 amide bonds. The molecular formula is C21H33IN4OS. The molecule has 0 radical (unpaired) electrons. The number of hydrogen-bond donors (Lipinski definition) is 2. The van der Waals surface area contributed by atoms with Crippen molar-refractivity contribution in [1.82, 2.24) is 15.6 Å². The van der Waals surface area contributed by atoms with Gasteiger partial charge in [-0.2, -0.15) is 0 Å². The molecule has 0 fully saturated rings. The summed E-state index contributed by atoms with van der Waals surface area (Å²) in [7, 11) is 3.50. The summed E-state index contributed by atoms with van der Waals surface area (Å²) in [6.45, 7) is 8.31. The maximum atomic E-state index is 5.22. The van der Waals surface area contributed by atoms with Gasteiger partial charge in [-0.15, -0.1) is 35.3 Å². The molecule has 7 heteroatoms. The highest BCUT2D eigenvalue weighted by atomic mass is 127. The number of halogens is 1. The minimum Gasteiger partial charge on any atom is -0.497 e. The predicted octanol–water partition coefficient (Wildman–Crippen LogP) is 4.79. The minimum atomic E-state index is 0. The van der Waals surface area contributed by atoms with E-state index in [1.165, 1.54) is 10.6 Å². The largest absolute Gasteiger partial charge is 0.497 e. The van der Waals surface area contributed by atoms with Gasteiger partial charge in [-0.1, -0.05) is 32.9 Å². The van der Waals surface area contributed by atoms with Gasteiger partial charge in [0.05, 0.1) is 17.8 Å². The molecule has 1 heterocycles. The lowest BCUT2D eigenvalue weighted by Crippen LogP contribution is -2.39. The number of hydrogen-bond acceptors (Lipinski definition) is 4. The second-order valence-electron chi connectivity index (χ2n) is 6.97. The molecule has 1 aromatic heterocycles. The molecule has 1 unspecified atom stereocenters. The summed E-state index contributed by atoms with van der Waals surface area (Å²) in [6, 6.07) is 8.30. The number of aromatic nitrogens is 1. The van der Waals surface area contributed by atoms with Crippen LogP contribution in [0.25, 0.3) is 0 Å². The lowest BCUT2D eigenvalue weighted by Gasteiger charge is -2.15. The Morgan fingerprint density at radius 3 is 2.39 bits per heavy atom. The van der Waals surface area contributed by atoms with E-state index in [1.54, 1.807) is 18.4 Å². The molecule has 2 aromatic rings. The molecule has 5 nitrogen and oxygen atoms in total. The van der Waals surface area contributed by atoms with Gasteiger partial charge < -0.3 is 15.4 Å². The van der Waals surface area contributed by atoms with E-state index in [-0.39, 0.29) is 24.0 Å². The summed E-state index contributed by atoms with van der Waals surface area (Å²) in [5.41, 5.74) is 2.48. The van der Waals surface area contributed by atoms with Gasteiger partial charge >= 0.3 is 0 Å². The molecule has 0 spiro atoms. The van der Waals surface area contributed by atoms with E-state index in [0.29, 0.717) is 11.8 Å². The van der Waals surface area contributed by atoms with Crippen molar-refractivity contribution in [2.45, 2.75) is 45.4 Å². The van der Waals surface area contributed by atoms with Crippen molar-refractivity contribution in [2.75, 3.05) is 27.2 Å². The molecule has 2 N–H and O–H groups in total. The van der Waals surface area contributed by atoms with E-state index in [1.807, 2.05) is 19.2 Å². The number of rotatable bonds is 9. The number of thiazole rings is 1. The predicted molar refractivity (Wildman–Crippen MR) is 131 cm³/mol. The first-order chi connectivity index (χ1) is 13.0. The lowest BCUT2D eigenvalue weighted by molar-refractivity contribution is 0.414. The zero-order valence-electron chi connectivity index (χ0n) is 17.5. The Labute approximate surface area is 190 Å². The molecule has 0 saturated carbocycles. The van der Waals surface area contributed by atoms with Crippen LogP contribution in [-0.2, 0) is 6.42 Å². The van der Waals surface area contributed by atoms with Crippen LogP contribution in [0.15, 0.2) is 34.6 Å². The van der Waals surface area contributed by atoms with E-state index in [4.69, 9.17) is 4.74 Å². The van der Waals surface area contributed by atoms with Gasteiger partial charge in [0, 0.05) is 37.9 Å². The Bertz CT molecular complexity index is 715. The van der Waals surface area contributed by atoms with Crippen molar-refractivity contribution in [2.24, 2.45) is 4.99 Å². The third-order valence-corrected chi connectivity index (χ3v) is 5.71. The molecular weight excluding hydrogens is 483 g/mol. The Morgan fingerprint density at radius 2 is 1.82 bits per heavy atom. The van der Waals surface area contributed by atoms with Crippen molar-refractivity contribution < 1.29 is 4.74 Å². The van der Waals surface area contributed by atoms with E-state index in [9.17, 15) is 0 Å². The summed E-state index contributed by atoms with van der Waals surface area (Å²) in [6.07, 6.45) is 1.95. The Hall–Kier alpha value is -1.35. The fraction of sp³-hybridized carbons (Fsp3) is 0.524. The number of guanidine groups is 1. The van der Waals surface area contributed by atoms with Crippen LogP contribution in [0.1, 0.15) is 55.3 Å². The van der Waals surface area contributed by atoms with Crippen molar-refractivity contribution in [3.8, 4) is 5.75 Å². The van der Waals surface area contributed by atoms with E-state index in [2.05, 4.69) is 58.9 Å². The topological polar surface area (TPSA) is 58.5 Å². The molecule has 0 aliphatic heterocycles. The molecule has 1 atom stereocenters. The zero-order valence-corrected chi connectivity index (χ0v) is 20.6. The molecule has 0 saturated heterocycles. The Morgan fingerprint density at radius 1 is 1.14 bits per heavy atom. The quantitative estimate of drug-likeness (QED) is 0.286. The minimum absolute atomic E-state index is 0. The second kappa shape index (κ2) is 13.0. The fourth-order valence-electron chi connectivity index (χ4n) is 2.74. The number of nitrogens with zero attached hydrogens (tertiary/aromatic N) is 2. The standard InChI is InChI=1S/C21H32N4OS.HI/c1-15(2)20-25-18(14-27-20)11-13-24-21(22-4)23-12-10-16(3)17-6-8-19(26-5)9-7-17;/h6-9,14-16H,10-13H2,1-5H3,(H2,22,23,24);1H. The van der Waals surface area contributed by atoms with Gasteiger partial charge in [0.15, 0.2) is 5.96 Å². The van der Waals surface area contributed by atoms with Gasteiger partial charge in [0.2, 0.25) is 0 Å². The van der Waals surface area contributed by atoms with Gasteiger partial charge in [-0.3, -0.25) is 4.99 Å². The van der Waals surface area contributed by atoms with Crippen molar-refractivity contribution in [3.63, 3.8) is 0 Å². The van der Waals surface area contributed by atoms with Crippen LogP contribution in [-0.4, -0.2) is 38.2 Å². The summed E-state index contributed by atoms with van der Waals surface area (Å²) in [5, 5.41) is 10.1. The monoisotopic (exact) mass is 516 g/mol. The van der Waals surface area contributed by atoms with Crippen LogP contribution in [0.5, 0.6) is 5.75 Å². The lowest BCUT2D eigenvalue weighted by atomic mass is 9.98. The van der Waals surface area contributed by atoms with Gasteiger partial charge in [-0.05, 0) is 30.0 Å². The van der Waals surface area contributed by atoms with Crippen LogP contribution < -0.4 is 15.4 Å². The zero-order chi connectivity index (χ0) is 19.6. The van der Waals surface area contributed by atoms with Crippen LogP contribution in [0, 0.1) is 0 Å². The maximum Gasteiger partial charge on any atom is 0.190 e. The molecule has 28 heavy (non-hydrogen) atoms. The van der Waals surface area contributed by atoms with Crippen LogP contribution in [0.2, 0.25) is 0 Å². The SMILES string of the molecule is CN=C(NCCc1csc(C(C)C)n1)NCCC(C)c1ccc(OC)cc1.I. The average Bonchev–Trinajstić information content (AvgIpc) is 3.16. The van der Waals surface area contributed by atoms with E-state index < -0.39 is 0 Å². The van der Waals surface area contributed by atoms with E-state index >= 15 is 0 Å². The third kappa shape index (κ3) is 7.95. The van der Waals surface area contributed by atoms with Crippen molar-refractivity contribution in [3.05, 3.63) is 45.9 Å². The highest BCUT2D eigenvalue weighted by molar-refractivity contribution is 14.0. The normalized spacial score (nSPS) is 12.4. The van der Waals surface area contributed by atoms with Gasteiger partial charge in [0.1, 0.15) is 5.75 Å². The Balaban J connectivity index is 0.00000392. The molecule has 0 aliphatic rings. The molecule has 2 rings (SSSR count). The molecule has 156 valence electrons. The van der Waals surface area contributed by atoms with Crippen molar-refractivity contribution in [1.29, 1.82) is 0 Å². The third-order valence-electron chi connectivity index (χ3n) is 4.52. The highest BCUT2D eigenvalue weighted by Gasteiger charge is 2.08. The summed E-state index contributed by atoms with van der Waals surface area (Å²) >= 11 is 1.75. The summed E-state index contributed by atoms with van der Waals surface area (Å²) in [5.74, 6) is 2.72. The number of ether oxygens (including phenoxy) is 1. The number of aliphatic imine (C=N–C) groups is 1. The second-order valence-corrected chi connectivity index (χ2v) is 7.86. The smallest absolute Gasteiger partial charge is 0.190 e. The first-order valence-corrected chi connectivity index (χ1v) is 10.4. The number of methoxy groups -OCH3 is 1. The van der Waals surface area contributed by atoms with Crippen LogP contribution >= 0.6 is 35.3 Å². The van der Waals surface area contributed by atoms with E-state index in [0.717, 1.165) is 43.3 Å². The highest BCUT2D eigenvalue weighted by Crippen LogP contribution is 2.21. The molecule has 0 aliphatic carbocycles. The van der Waals surface area contributed by atoms with Crippen LogP contribution in [0.4, 0.5) is 0 Å². The maximum absolute atomic E-state index is 5.22. The first kappa shape index (κ1) is 24.7. The molecule has 0 bridgehead atoms. The Kier molecular flexibility index (Phi) is 11.4. The number of nitrogens with one attached hydrogen (secondary N) is 2. The summed E-state index contributed by atoms with van der Waals surface area (Å²) < 4.78 is 5.22. The summed E-state index contributed by atoms with van der Waals surface area (Å²) in [4.78, 5) is 8.98. The molecule has 1 aromatic carbocycles. The van der Waals surface area contributed by atoms with Gasteiger partial charge in [0.25, 0.3) is 0 Å². The average molecular weight is 516 g/mol. The van der Waals surface area contributed by atoms with Crippen LogP contribution in [0.3, 0.4) is 0 Å². The fourth-order valence-corrected chi connectivity index (χ4v) is 3.61. The van der Waals surface area contributed by atoms with Gasteiger partial charge in [-0.25, -0.2) is 4.98 Å². The first-order valence-electron chi connectivity index (χ1n) is 9.56. The van der Waals surface area contributed by atoms with Crippen molar-refractivity contribution >= 4 is 41.3 Å². The number of benzene rings is 1.